The summed E-state index contributed by atoms with van der Waals surface area (Å²) >= 11 is 0.758. The Balaban J connectivity index is 0.000000352. The SMILES string of the molecule is CC(C)n1c(=O)c(-c2ccc(NSCCC(F)(F)F)c(F)c2)cc2cnc(N)nc21.CN(CCF)C1CCCCC1. The molecule has 1 aliphatic rings. The molecule has 1 saturated carbocycles. The summed E-state index contributed by atoms with van der Waals surface area (Å²) in [6.45, 7) is 4.04. The highest BCUT2D eigenvalue weighted by molar-refractivity contribution is 8.00. The van der Waals surface area contributed by atoms with Crippen molar-refractivity contribution in [2.24, 2.45) is 0 Å². The van der Waals surface area contributed by atoms with Crippen LogP contribution >= 0.6 is 11.9 Å². The number of anilines is 2. The fourth-order valence-corrected chi connectivity index (χ4v) is 5.47. The first-order valence-electron chi connectivity index (χ1n) is 13.6. The molecule has 0 atom stereocenters. The zero-order valence-electron chi connectivity index (χ0n) is 23.5. The summed E-state index contributed by atoms with van der Waals surface area (Å²) in [4.78, 5) is 23.3. The number of fused-ring (bicyclic) bond motifs is 1. The van der Waals surface area contributed by atoms with Crippen molar-refractivity contribution in [1.29, 1.82) is 0 Å². The normalized spacial score (nSPS) is 14.4. The van der Waals surface area contributed by atoms with Crippen molar-refractivity contribution in [3.8, 4) is 11.1 Å². The smallest absolute Gasteiger partial charge is 0.368 e. The number of nitrogens with two attached hydrogens (primary N) is 1. The summed E-state index contributed by atoms with van der Waals surface area (Å²) in [6, 6.07) is 6.08. The number of hydrogen-bond donors (Lipinski definition) is 2. The number of rotatable bonds is 9. The minimum atomic E-state index is -4.27. The molecule has 1 aromatic carbocycles. The van der Waals surface area contributed by atoms with E-state index < -0.39 is 18.4 Å². The van der Waals surface area contributed by atoms with Crippen molar-refractivity contribution >= 4 is 34.6 Å². The third-order valence-electron chi connectivity index (χ3n) is 6.89. The third-order valence-corrected chi connectivity index (χ3v) is 7.67. The first-order chi connectivity index (χ1) is 19.4. The molecule has 1 aliphatic carbocycles. The van der Waals surface area contributed by atoms with E-state index in [-0.39, 0.29) is 41.2 Å². The van der Waals surface area contributed by atoms with Crippen molar-refractivity contribution in [3.63, 3.8) is 0 Å². The summed E-state index contributed by atoms with van der Waals surface area (Å²) in [5.41, 5.74) is 6.27. The molecule has 0 radical (unpaired) electrons. The van der Waals surface area contributed by atoms with Gasteiger partial charge >= 0.3 is 6.18 Å². The quantitative estimate of drug-likeness (QED) is 0.155. The van der Waals surface area contributed by atoms with Gasteiger partial charge in [0.2, 0.25) is 5.95 Å². The molecule has 2 aromatic heterocycles. The van der Waals surface area contributed by atoms with E-state index >= 15 is 0 Å². The van der Waals surface area contributed by atoms with Crippen molar-refractivity contribution in [2.45, 2.75) is 70.6 Å². The lowest BCUT2D eigenvalue weighted by Crippen LogP contribution is -2.34. The van der Waals surface area contributed by atoms with E-state index in [0.29, 0.717) is 29.2 Å². The Labute approximate surface area is 240 Å². The van der Waals surface area contributed by atoms with E-state index in [1.165, 1.54) is 55.0 Å². The standard InChI is InChI=1S/C19H19F4N5OS.C9H18FN/c1-10(2)28-16-12(9-25-18(24)26-16)7-13(17(28)29)11-3-4-15(14(20)8-11)27-30-6-5-19(21,22)23;1-11(8-7-10)9-5-3-2-4-6-9/h3-4,7-10,27H,5-6H2,1-2H3,(H2,24,25,26);9H,2-8H2,1H3. The average molecular weight is 601 g/mol. The van der Waals surface area contributed by atoms with Gasteiger partial charge in [0.1, 0.15) is 18.1 Å². The fourth-order valence-electron chi connectivity index (χ4n) is 4.72. The van der Waals surface area contributed by atoms with Crippen LogP contribution in [0.4, 0.5) is 33.6 Å². The molecule has 41 heavy (non-hydrogen) atoms. The lowest BCUT2D eigenvalue weighted by molar-refractivity contribution is -0.129. The summed E-state index contributed by atoms with van der Waals surface area (Å²) in [5, 5.41) is 0.567. The third kappa shape index (κ3) is 9.29. The summed E-state index contributed by atoms with van der Waals surface area (Å²) in [7, 11) is 2.04. The van der Waals surface area contributed by atoms with Gasteiger partial charge in [0, 0.05) is 41.5 Å². The number of alkyl halides is 4. The van der Waals surface area contributed by atoms with Gasteiger partial charge in [-0.1, -0.05) is 37.3 Å². The second-order valence-corrected chi connectivity index (χ2v) is 11.2. The number of aromatic nitrogens is 3. The van der Waals surface area contributed by atoms with Gasteiger partial charge in [0.05, 0.1) is 12.1 Å². The summed E-state index contributed by atoms with van der Waals surface area (Å²) in [5.74, 6) is -0.901. The van der Waals surface area contributed by atoms with Gasteiger partial charge in [0.25, 0.3) is 5.56 Å². The van der Waals surface area contributed by atoms with Crippen LogP contribution in [-0.4, -0.2) is 57.7 Å². The second-order valence-electron chi connectivity index (χ2n) is 10.3. The molecule has 2 heterocycles. The minimum absolute atomic E-state index is 0.0343. The van der Waals surface area contributed by atoms with E-state index in [4.69, 9.17) is 5.73 Å². The Morgan fingerprint density at radius 3 is 2.51 bits per heavy atom. The molecule has 3 N–H and O–H groups in total. The first kappa shape index (κ1) is 32.6. The molecule has 0 aliphatic heterocycles. The number of nitrogen functional groups attached to an aromatic ring is 1. The van der Waals surface area contributed by atoms with Gasteiger partial charge in [-0.3, -0.25) is 9.36 Å². The number of halogens is 5. The van der Waals surface area contributed by atoms with Gasteiger partial charge in [-0.05, 0) is 57.5 Å². The molecular weight excluding hydrogens is 563 g/mol. The maximum atomic E-state index is 14.5. The Morgan fingerprint density at radius 2 is 1.90 bits per heavy atom. The lowest BCUT2D eigenvalue weighted by atomic mass is 9.94. The molecule has 1 fully saturated rings. The van der Waals surface area contributed by atoms with Gasteiger partial charge < -0.3 is 15.4 Å². The number of pyridine rings is 1. The maximum Gasteiger partial charge on any atom is 0.389 e. The number of nitrogens with zero attached hydrogens (tertiary/aromatic N) is 4. The number of hydrogen-bond acceptors (Lipinski definition) is 7. The van der Waals surface area contributed by atoms with Gasteiger partial charge in [0.15, 0.2) is 0 Å². The highest BCUT2D eigenvalue weighted by Crippen LogP contribution is 2.28. The lowest BCUT2D eigenvalue weighted by Gasteiger charge is -2.30. The van der Waals surface area contributed by atoms with E-state index in [0.717, 1.165) is 18.0 Å². The molecule has 0 bridgehead atoms. The van der Waals surface area contributed by atoms with Crippen molar-refractivity contribution in [3.05, 3.63) is 46.6 Å². The molecule has 13 heteroatoms. The molecule has 0 spiro atoms. The summed E-state index contributed by atoms with van der Waals surface area (Å²) in [6.07, 6.45) is 2.83. The topological polar surface area (TPSA) is 89.1 Å². The molecular formula is C28H37F5N6OS. The van der Waals surface area contributed by atoms with E-state index in [1.807, 2.05) is 20.9 Å². The molecule has 0 amide bonds. The van der Waals surface area contributed by atoms with Crippen LogP contribution in [0.15, 0.2) is 35.3 Å². The Hall–Kier alpha value is -2.93. The molecule has 3 aromatic rings. The van der Waals surface area contributed by atoms with Crippen LogP contribution in [-0.2, 0) is 0 Å². The zero-order chi connectivity index (χ0) is 30.2. The molecule has 226 valence electrons. The Bertz CT molecular complexity index is 1340. The van der Waals surface area contributed by atoms with Crippen molar-refractivity contribution in [2.75, 3.05) is 36.5 Å². The highest BCUT2D eigenvalue weighted by atomic mass is 32.2. The van der Waals surface area contributed by atoms with Gasteiger partial charge in [-0.15, -0.1) is 0 Å². The van der Waals surface area contributed by atoms with E-state index in [1.54, 1.807) is 6.07 Å². The zero-order valence-corrected chi connectivity index (χ0v) is 24.3. The van der Waals surface area contributed by atoms with Crippen LogP contribution in [0.1, 0.15) is 58.4 Å². The van der Waals surface area contributed by atoms with Crippen LogP contribution in [0.25, 0.3) is 22.2 Å². The highest BCUT2D eigenvalue weighted by Gasteiger charge is 2.26. The molecule has 4 rings (SSSR count). The predicted octanol–water partition coefficient (Wildman–Crippen LogP) is 6.99. The summed E-state index contributed by atoms with van der Waals surface area (Å²) < 4.78 is 67.1. The van der Waals surface area contributed by atoms with Crippen molar-refractivity contribution in [1.82, 2.24) is 19.4 Å². The predicted molar refractivity (Wildman–Crippen MR) is 156 cm³/mol. The van der Waals surface area contributed by atoms with Gasteiger partial charge in [-0.2, -0.15) is 18.2 Å². The molecule has 0 unspecified atom stereocenters. The largest absolute Gasteiger partial charge is 0.389 e. The van der Waals surface area contributed by atoms with Crippen LogP contribution < -0.4 is 16.0 Å². The maximum absolute atomic E-state index is 14.5. The van der Waals surface area contributed by atoms with Crippen LogP contribution in [0.3, 0.4) is 0 Å². The van der Waals surface area contributed by atoms with Crippen LogP contribution in [0.5, 0.6) is 0 Å². The van der Waals surface area contributed by atoms with E-state index in [9.17, 15) is 26.7 Å². The minimum Gasteiger partial charge on any atom is -0.368 e. The Morgan fingerprint density at radius 1 is 1.20 bits per heavy atom. The van der Waals surface area contributed by atoms with Crippen LogP contribution in [0.2, 0.25) is 0 Å². The van der Waals surface area contributed by atoms with E-state index in [2.05, 4.69) is 19.6 Å². The Kier molecular flexibility index (Phi) is 11.8. The van der Waals surface area contributed by atoms with Gasteiger partial charge in [-0.25, -0.2) is 13.8 Å². The van der Waals surface area contributed by atoms with Crippen LogP contribution in [0, 0.1) is 5.82 Å². The number of nitrogens with one attached hydrogen (secondary N) is 1. The fraction of sp³-hybridized carbons (Fsp3) is 0.536. The first-order valence-corrected chi connectivity index (χ1v) is 14.6. The molecule has 7 nitrogen and oxygen atoms in total. The number of benzene rings is 1. The monoisotopic (exact) mass is 600 g/mol. The van der Waals surface area contributed by atoms with Crippen molar-refractivity contribution < 1.29 is 22.0 Å². The average Bonchev–Trinajstić information content (AvgIpc) is 2.91. The molecule has 0 saturated heterocycles. The second kappa shape index (κ2) is 14.8.